The van der Waals surface area contributed by atoms with Gasteiger partial charge in [-0.2, -0.15) is 0 Å². The molecule has 29 heavy (non-hydrogen) atoms. The molecular weight excluding hydrogens is 395 g/mol. The Morgan fingerprint density at radius 2 is 1.31 bits per heavy atom. The maximum absolute atomic E-state index is 10.6. The molecule has 0 aromatic rings. The third-order valence-corrected chi connectivity index (χ3v) is 5.17. The van der Waals surface area contributed by atoms with Crippen LogP contribution in [0.1, 0.15) is 96.8 Å². The minimum Gasteiger partial charge on any atom is -0.379 e. The van der Waals surface area contributed by atoms with E-state index in [4.69, 9.17) is 19.8 Å². The van der Waals surface area contributed by atoms with E-state index >= 15 is 0 Å². The minimum absolute atomic E-state index is 0.0293. The molecule has 174 valence electrons. The lowest BCUT2D eigenvalue weighted by Crippen LogP contribution is -2.24. The SMILES string of the molecule is CCCCCCCCC=CCCCCCCCCOCC(COP(=O)(O)O)OO. The average molecular weight is 439 g/mol. The summed E-state index contributed by atoms with van der Waals surface area (Å²) in [6.07, 6.45) is 21.2. The lowest BCUT2D eigenvalue weighted by Gasteiger charge is -2.14. The quantitative estimate of drug-likeness (QED) is 0.0625. The standard InChI is InChI=1S/C21H43O7P/c1-2-3-4-5-6-7-8-9-10-11-12-13-14-15-16-17-18-26-19-21(28-22)20-27-29(23,24)25/h9-10,21-22H,2-8,11-20H2,1H3,(H2,23,24,25). The number of rotatable bonds is 22. The number of unbranched alkanes of at least 4 members (excludes halogenated alkanes) is 12. The van der Waals surface area contributed by atoms with Crippen LogP contribution in [-0.2, 0) is 18.7 Å². The Kier molecular flexibility index (Phi) is 20.8. The number of hydrogen-bond donors (Lipinski definition) is 3. The van der Waals surface area contributed by atoms with E-state index in [9.17, 15) is 4.57 Å². The van der Waals surface area contributed by atoms with Crippen LogP contribution in [0, 0.1) is 0 Å². The molecule has 0 saturated carbocycles. The zero-order chi connectivity index (χ0) is 21.6. The predicted octanol–water partition coefficient (Wildman–Crippen LogP) is 6.01. The van der Waals surface area contributed by atoms with Gasteiger partial charge in [-0.25, -0.2) is 9.45 Å². The molecule has 0 aliphatic carbocycles. The fourth-order valence-corrected chi connectivity index (χ4v) is 3.32. The largest absolute Gasteiger partial charge is 0.469 e. The highest BCUT2D eigenvalue weighted by molar-refractivity contribution is 7.46. The summed E-state index contributed by atoms with van der Waals surface area (Å²) in [4.78, 5) is 21.3. The third-order valence-electron chi connectivity index (χ3n) is 4.68. The lowest BCUT2D eigenvalue weighted by atomic mass is 10.1. The molecule has 8 heteroatoms. The first-order valence-corrected chi connectivity index (χ1v) is 12.8. The van der Waals surface area contributed by atoms with E-state index in [0.717, 1.165) is 12.8 Å². The molecule has 1 unspecified atom stereocenters. The van der Waals surface area contributed by atoms with Crippen LogP contribution in [0.5, 0.6) is 0 Å². The molecule has 0 spiro atoms. The molecule has 0 saturated heterocycles. The van der Waals surface area contributed by atoms with Crippen molar-refractivity contribution in [3.63, 3.8) is 0 Å². The molecule has 0 aliphatic rings. The summed E-state index contributed by atoms with van der Waals surface area (Å²) in [5, 5.41) is 8.65. The number of phosphoric acid groups is 1. The van der Waals surface area contributed by atoms with Gasteiger partial charge < -0.3 is 14.5 Å². The molecule has 0 fully saturated rings. The number of hydrogen-bond acceptors (Lipinski definition) is 5. The van der Waals surface area contributed by atoms with Crippen molar-refractivity contribution in [3.8, 4) is 0 Å². The van der Waals surface area contributed by atoms with Crippen molar-refractivity contribution >= 4 is 7.82 Å². The highest BCUT2D eigenvalue weighted by Gasteiger charge is 2.19. The Labute approximate surface area is 177 Å². The zero-order valence-electron chi connectivity index (χ0n) is 18.2. The van der Waals surface area contributed by atoms with Crippen LogP contribution in [-0.4, -0.2) is 41.0 Å². The van der Waals surface area contributed by atoms with Gasteiger partial charge in [0.2, 0.25) is 0 Å². The Morgan fingerprint density at radius 1 is 0.793 bits per heavy atom. The van der Waals surface area contributed by atoms with Crippen molar-refractivity contribution < 1.29 is 33.8 Å². The van der Waals surface area contributed by atoms with Crippen molar-refractivity contribution in [3.05, 3.63) is 12.2 Å². The fraction of sp³-hybridized carbons (Fsp3) is 0.905. The lowest BCUT2D eigenvalue weighted by molar-refractivity contribution is -0.292. The Balaban J connectivity index is 3.30. The summed E-state index contributed by atoms with van der Waals surface area (Å²) in [6.45, 7) is 2.38. The Bertz CT molecular complexity index is 412. The molecule has 0 radical (unpaired) electrons. The van der Waals surface area contributed by atoms with Gasteiger partial charge in [-0.05, 0) is 32.1 Å². The van der Waals surface area contributed by atoms with Crippen molar-refractivity contribution in [2.75, 3.05) is 19.8 Å². The zero-order valence-corrected chi connectivity index (χ0v) is 19.1. The average Bonchev–Trinajstić information content (AvgIpc) is 2.68. The normalized spacial score (nSPS) is 13.4. The molecule has 0 amide bonds. The van der Waals surface area contributed by atoms with E-state index < -0.39 is 20.5 Å². The van der Waals surface area contributed by atoms with Crippen molar-refractivity contribution in [2.24, 2.45) is 0 Å². The number of ether oxygens (including phenoxy) is 1. The molecule has 1 atom stereocenters. The molecule has 0 aromatic heterocycles. The summed E-state index contributed by atoms with van der Waals surface area (Å²) in [5.41, 5.74) is 0. The second-order valence-electron chi connectivity index (χ2n) is 7.53. The highest BCUT2D eigenvalue weighted by atomic mass is 31.2. The second kappa shape index (κ2) is 21.0. The molecule has 7 nitrogen and oxygen atoms in total. The monoisotopic (exact) mass is 438 g/mol. The molecule has 0 aromatic carbocycles. The Morgan fingerprint density at radius 3 is 1.83 bits per heavy atom. The van der Waals surface area contributed by atoms with Crippen molar-refractivity contribution in [2.45, 2.75) is 103 Å². The van der Waals surface area contributed by atoms with Crippen LogP contribution >= 0.6 is 7.82 Å². The Hall–Kier alpha value is -0.270. The van der Waals surface area contributed by atoms with Crippen LogP contribution in [0.4, 0.5) is 0 Å². The first-order valence-electron chi connectivity index (χ1n) is 11.2. The molecular formula is C21H43O7P. The maximum atomic E-state index is 10.6. The van der Waals surface area contributed by atoms with Gasteiger partial charge in [-0.1, -0.05) is 76.9 Å². The first-order chi connectivity index (χ1) is 14.0. The number of allylic oxidation sites excluding steroid dienone is 2. The summed E-state index contributed by atoms with van der Waals surface area (Å²) >= 11 is 0. The summed E-state index contributed by atoms with van der Waals surface area (Å²) < 4.78 is 20.2. The smallest absolute Gasteiger partial charge is 0.379 e. The first kappa shape index (κ1) is 28.7. The molecule has 0 aliphatic heterocycles. The van der Waals surface area contributed by atoms with Crippen molar-refractivity contribution in [1.82, 2.24) is 0 Å². The van der Waals surface area contributed by atoms with Crippen LogP contribution in [0.3, 0.4) is 0 Å². The van der Waals surface area contributed by atoms with Gasteiger partial charge in [0.25, 0.3) is 0 Å². The summed E-state index contributed by atoms with van der Waals surface area (Å²) in [6, 6.07) is 0. The van der Waals surface area contributed by atoms with E-state index in [1.54, 1.807) is 0 Å². The van der Waals surface area contributed by atoms with E-state index in [2.05, 4.69) is 28.5 Å². The third kappa shape index (κ3) is 23.9. The van der Waals surface area contributed by atoms with E-state index in [-0.39, 0.29) is 6.61 Å². The van der Waals surface area contributed by atoms with Gasteiger partial charge >= 0.3 is 7.82 Å². The van der Waals surface area contributed by atoms with Gasteiger partial charge in [0, 0.05) is 6.61 Å². The molecule has 0 bridgehead atoms. The van der Waals surface area contributed by atoms with Crippen LogP contribution in [0.25, 0.3) is 0 Å². The molecule has 0 heterocycles. The van der Waals surface area contributed by atoms with Gasteiger partial charge in [0.05, 0.1) is 13.2 Å². The summed E-state index contributed by atoms with van der Waals surface area (Å²) in [5.74, 6) is 0. The van der Waals surface area contributed by atoms with Crippen LogP contribution < -0.4 is 0 Å². The minimum atomic E-state index is -4.56. The van der Waals surface area contributed by atoms with Gasteiger partial charge in [0.1, 0.15) is 6.10 Å². The van der Waals surface area contributed by atoms with E-state index in [1.165, 1.54) is 77.0 Å². The van der Waals surface area contributed by atoms with E-state index in [1.807, 2.05) is 0 Å². The molecule has 0 rings (SSSR count). The maximum Gasteiger partial charge on any atom is 0.469 e. The number of phosphoric ester groups is 1. The van der Waals surface area contributed by atoms with Crippen molar-refractivity contribution in [1.29, 1.82) is 0 Å². The van der Waals surface area contributed by atoms with Gasteiger partial charge in [-0.15, -0.1) is 0 Å². The summed E-state index contributed by atoms with van der Waals surface area (Å²) in [7, 11) is -4.56. The highest BCUT2D eigenvalue weighted by Crippen LogP contribution is 2.35. The van der Waals surface area contributed by atoms with Gasteiger partial charge in [0.15, 0.2) is 0 Å². The fourth-order valence-electron chi connectivity index (χ4n) is 2.96. The van der Waals surface area contributed by atoms with Gasteiger partial charge in [-0.3, -0.25) is 9.78 Å². The van der Waals surface area contributed by atoms with Crippen LogP contribution in [0.15, 0.2) is 12.2 Å². The topological polar surface area (TPSA) is 105 Å². The molecule has 3 N–H and O–H groups in total. The second-order valence-corrected chi connectivity index (χ2v) is 8.77. The predicted molar refractivity (Wildman–Crippen MR) is 116 cm³/mol. The van der Waals surface area contributed by atoms with Crippen LogP contribution in [0.2, 0.25) is 0 Å². The van der Waals surface area contributed by atoms with E-state index in [0.29, 0.717) is 6.61 Å².